The highest BCUT2D eigenvalue weighted by Gasteiger charge is 2.40. The lowest BCUT2D eigenvalue weighted by molar-refractivity contribution is -0.163. The molecule has 15 heavy (non-hydrogen) atoms. The minimum absolute atomic E-state index is 0.00875. The van der Waals surface area contributed by atoms with Gasteiger partial charge in [0.15, 0.2) is 5.92 Å². The first-order valence-corrected chi connectivity index (χ1v) is 4.36. The van der Waals surface area contributed by atoms with Gasteiger partial charge in [-0.05, 0) is 0 Å². The van der Waals surface area contributed by atoms with E-state index < -0.39 is 18.6 Å². The van der Waals surface area contributed by atoms with Crippen molar-refractivity contribution in [2.24, 2.45) is 5.92 Å². The fourth-order valence-electron chi connectivity index (χ4n) is 1.05. The van der Waals surface area contributed by atoms with Crippen molar-refractivity contribution in [1.29, 1.82) is 5.26 Å². The fraction of sp³-hybridized carbons (Fsp3) is 0.875. The molecule has 0 aromatic rings. The zero-order valence-corrected chi connectivity index (χ0v) is 8.04. The molecule has 0 spiro atoms. The molecule has 7 heteroatoms. The van der Waals surface area contributed by atoms with Crippen LogP contribution in [-0.2, 0) is 0 Å². The highest BCUT2D eigenvalue weighted by Crippen LogP contribution is 2.26. The molecule has 1 atom stereocenters. The van der Waals surface area contributed by atoms with Gasteiger partial charge in [-0.2, -0.15) is 18.4 Å². The van der Waals surface area contributed by atoms with Crippen molar-refractivity contribution in [2.75, 3.05) is 32.8 Å². The third-order valence-corrected chi connectivity index (χ3v) is 1.82. The first kappa shape index (κ1) is 14.2. The molecule has 1 unspecified atom stereocenters. The Labute approximate surface area is 85.5 Å². The van der Waals surface area contributed by atoms with Crippen LogP contribution in [-0.4, -0.2) is 54.1 Å². The first-order chi connectivity index (χ1) is 6.95. The van der Waals surface area contributed by atoms with Crippen molar-refractivity contribution in [2.45, 2.75) is 6.18 Å². The number of hydrogen-bond acceptors (Lipinski definition) is 4. The summed E-state index contributed by atoms with van der Waals surface area (Å²) >= 11 is 0. The Morgan fingerprint density at radius 1 is 1.20 bits per heavy atom. The number of alkyl halides is 3. The van der Waals surface area contributed by atoms with Crippen molar-refractivity contribution in [3.63, 3.8) is 0 Å². The van der Waals surface area contributed by atoms with E-state index in [0.717, 1.165) is 6.07 Å². The summed E-state index contributed by atoms with van der Waals surface area (Å²) in [7, 11) is 0. The lowest BCUT2D eigenvalue weighted by atomic mass is 10.1. The number of halogens is 3. The number of hydrogen-bond donors (Lipinski definition) is 2. The van der Waals surface area contributed by atoms with Gasteiger partial charge in [0.05, 0.1) is 19.3 Å². The summed E-state index contributed by atoms with van der Waals surface area (Å²) in [6.45, 7) is -1.13. The standard InChI is InChI=1S/C8H13F3N2O2/c9-8(10,11)7(5-12)6-13(1-3-14)2-4-15/h7,14-15H,1-4,6H2. The van der Waals surface area contributed by atoms with E-state index in [2.05, 4.69) is 0 Å². The zero-order chi connectivity index (χ0) is 11.9. The smallest absolute Gasteiger partial charge is 0.395 e. The molecule has 0 radical (unpaired) electrons. The Hall–Kier alpha value is -0.840. The van der Waals surface area contributed by atoms with Crippen LogP contribution < -0.4 is 0 Å². The molecule has 88 valence electrons. The van der Waals surface area contributed by atoms with E-state index in [-0.39, 0.29) is 26.3 Å². The lowest BCUT2D eigenvalue weighted by Gasteiger charge is -2.23. The summed E-state index contributed by atoms with van der Waals surface area (Å²) in [5.41, 5.74) is 0. The van der Waals surface area contributed by atoms with Crippen molar-refractivity contribution >= 4 is 0 Å². The molecule has 0 aromatic heterocycles. The Kier molecular flexibility index (Phi) is 6.24. The predicted molar refractivity (Wildman–Crippen MR) is 45.8 cm³/mol. The molecule has 2 N–H and O–H groups in total. The average Bonchev–Trinajstić information content (AvgIpc) is 2.12. The molecule has 0 fully saturated rings. The summed E-state index contributed by atoms with van der Waals surface area (Å²) in [5.74, 6) is -2.09. The van der Waals surface area contributed by atoms with E-state index in [0.29, 0.717) is 0 Å². The molecule has 0 rings (SSSR count). The molecule has 0 saturated carbocycles. The third kappa shape index (κ3) is 5.57. The zero-order valence-electron chi connectivity index (χ0n) is 8.04. The van der Waals surface area contributed by atoms with Crippen molar-refractivity contribution < 1.29 is 23.4 Å². The van der Waals surface area contributed by atoms with Crippen LogP contribution in [0.15, 0.2) is 0 Å². The van der Waals surface area contributed by atoms with E-state index in [4.69, 9.17) is 15.5 Å². The molecule has 0 bridgehead atoms. The molecule has 0 saturated heterocycles. The quantitative estimate of drug-likeness (QED) is 0.667. The minimum Gasteiger partial charge on any atom is -0.395 e. The number of nitrogens with zero attached hydrogens (tertiary/aromatic N) is 2. The van der Waals surface area contributed by atoms with Gasteiger partial charge in [0.25, 0.3) is 0 Å². The SMILES string of the molecule is N#CC(CN(CCO)CCO)C(F)(F)F. The normalized spacial score (nSPS) is 13.9. The Balaban J connectivity index is 4.30. The van der Waals surface area contributed by atoms with Crippen molar-refractivity contribution in [3.8, 4) is 6.07 Å². The van der Waals surface area contributed by atoms with E-state index in [1.165, 1.54) is 4.90 Å². The monoisotopic (exact) mass is 226 g/mol. The van der Waals surface area contributed by atoms with Gasteiger partial charge in [-0.1, -0.05) is 0 Å². The molecular formula is C8H13F3N2O2. The maximum absolute atomic E-state index is 12.2. The molecule has 0 aliphatic heterocycles. The van der Waals surface area contributed by atoms with Gasteiger partial charge >= 0.3 is 6.18 Å². The van der Waals surface area contributed by atoms with Gasteiger partial charge in [-0.25, -0.2) is 0 Å². The molecule has 0 aliphatic rings. The summed E-state index contributed by atoms with van der Waals surface area (Å²) < 4.78 is 36.6. The van der Waals surface area contributed by atoms with Crippen LogP contribution in [0.2, 0.25) is 0 Å². The maximum atomic E-state index is 12.2. The molecule has 0 amide bonds. The number of aliphatic hydroxyl groups excluding tert-OH is 2. The Morgan fingerprint density at radius 2 is 1.67 bits per heavy atom. The minimum atomic E-state index is -4.57. The summed E-state index contributed by atoms with van der Waals surface area (Å²) in [6, 6.07) is 1.16. The van der Waals surface area contributed by atoms with Crippen LogP contribution in [0.3, 0.4) is 0 Å². The topological polar surface area (TPSA) is 67.5 Å². The molecule has 0 heterocycles. The van der Waals surface area contributed by atoms with Gasteiger partial charge in [0, 0.05) is 19.6 Å². The van der Waals surface area contributed by atoms with Crippen LogP contribution in [0.25, 0.3) is 0 Å². The van der Waals surface area contributed by atoms with Gasteiger partial charge < -0.3 is 10.2 Å². The average molecular weight is 226 g/mol. The largest absolute Gasteiger partial charge is 0.405 e. The maximum Gasteiger partial charge on any atom is 0.405 e. The summed E-state index contributed by atoms with van der Waals surface area (Å²) in [6.07, 6.45) is -4.57. The predicted octanol–water partition coefficient (Wildman–Crippen LogP) is -0.0249. The number of nitriles is 1. The number of aliphatic hydroxyl groups is 2. The molecule has 0 aliphatic carbocycles. The van der Waals surface area contributed by atoms with Crippen LogP contribution >= 0.6 is 0 Å². The fourth-order valence-corrected chi connectivity index (χ4v) is 1.05. The van der Waals surface area contributed by atoms with Crippen molar-refractivity contribution in [1.82, 2.24) is 4.90 Å². The van der Waals surface area contributed by atoms with Crippen LogP contribution in [0.1, 0.15) is 0 Å². The summed E-state index contributed by atoms with van der Waals surface area (Å²) in [4.78, 5) is 1.20. The van der Waals surface area contributed by atoms with Gasteiger partial charge in [-0.15, -0.1) is 0 Å². The Morgan fingerprint density at radius 3 is 1.93 bits per heavy atom. The third-order valence-electron chi connectivity index (χ3n) is 1.82. The highest BCUT2D eigenvalue weighted by atomic mass is 19.4. The van der Waals surface area contributed by atoms with E-state index >= 15 is 0 Å². The van der Waals surface area contributed by atoms with Crippen LogP contribution in [0.5, 0.6) is 0 Å². The van der Waals surface area contributed by atoms with Gasteiger partial charge in [0.1, 0.15) is 0 Å². The molecular weight excluding hydrogens is 213 g/mol. The number of rotatable bonds is 6. The van der Waals surface area contributed by atoms with E-state index in [1.807, 2.05) is 0 Å². The Bertz CT molecular complexity index is 209. The van der Waals surface area contributed by atoms with Gasteiger partial charge in [0.2, 0.25) is 0 Å². The van der Waals surface area contributed by atoms with Gasteiger partial charge in [-0.3, -0.25) is 4.90 Å². The van der Waals surface area contributed by atoms with Crippen LogP contribution in [0, 0.1) is 17.2 Å². The van der Waals surface area contributed by atoms with Crippen molar-refractivity contribution in [3.05, 3.63) is 0 Å². The molecule has 0 aromatic carbocycles. The van der Waals surface area contributed by atoms with E-state index in [1.54, 1.807) is 0 Å². The second kappa shape index (κ2) is 6.61. The van der Waals surface area contributed by atoms with E-state index in [9.17, 15) is 13.2 Å². The second-order valence-corrected chi connectivity index (χ2v) is 2.97. The summed E-state index contributed by atoms with van der Waals surface area (Å²) in [5, 5.41) is 25.5. The highest BCUT2D eigenvalue weighted by molar-refractivity contribution is 4.90. The first-order valence-electron chi connectivity index (χ1n) is 4.36. The lowest BCUT2D eigenvalue weighted by Crippen LogP contribution is -2.39. The second-order valence-electron chi connectivity index (χ2n) is 2.97. The molecule has 4 nitrogen and oxygen atoms in total. The van der Waals surface area contributed by atoms with Crippen LogP contribution in [0.4, 0.5) is 13.2 Å².